The molecule has 136 valence electrons. The van der Waals surface area contributed by atoms with Crippen LogP contribution in [0.3, 0.4) is 0 Å². The van der Waals surface area contributed by atoms with Crippen LogP contribution >= 0.6 is 22.9 Å². The van der Waals surface area contributed by atoms with Crippen LogP contribution in [-0.2, 0) is 9.84 Å². The molecule has 2 aromatic heterocycles. The molecule has 0 atom stereocenters. The molecule has 0 aliphatic rings. The van der Waals surface area contributed by atoms with Crippen LogP contribution in [0.15, 0.2) is 76.3 Å². The van der Waals surface area contributed by atoms with Gasteiger partial charge in [0.05, 0.1) is 22.0 Å². The zero-order valence-corrected chi connectivity index (χ0v) is 16.7. The summed E-state index contributed by atoms with van der Waals surface area (Å²) in [5, 5.41) is 9.48. The highest BCUT2D eigenvalue weighted by molar-refractivity contribution is 7.90. The molecule has 4 nitrogen and oxygen atoms in total. The molecule has 0 N–H and O–H groups in total. The number of hydrogen-bond acceptors (Lipinski definition) is 4. The van der Waals surface area contributed by atoms with Gasteiger partial charge in [0.15, 0.2) is 9.84 Å². The van der Waals surface area contributed by atoms with Crippen molar-refractivity contribution in [3.63, 3.8) is 0 Å². The smallest absolute Gasteiger partial charge is 0.175 e. The largest absolute Gasteiger partial charge is 0.232 e. The zero-order chi connectivity index (χ0) is 19.0. The Hall–Kier alpha value is -2.41. The first kappa shape index (κ1) is 18.0. The number of sulfone groups is 1. The second-order valence-electron chi connectivity index (χ2n) is 6.11. The van der Waals surface area contributed by atoms with Crippen LogP contribution in [0.1, 0.15) is 0 Å². The Bertz CT molecular complexity index is 1180. The van der Waals surface area contributed by atoms with Gasteiger partial charge in [0.25, 0.3) is 0 Å². The molecule has 0 fully saturated rings. The van der Waals surface area contributed by atoms with E-state index in [0.717, 1.165) is 28.2 Å². The van der Waals surface area contributed by atoms with Crippen molar-refractivity contribution in [3.8, 4) is 28.2 Å². The predicted molar refractivity (Wildman–Crippen MR) is 110 cm³/mol. The van der Waals surface area contributed by atoms with Gasteiger partial charge in [-0.25, -0.2) is 13.1 Å². The molecule has 7 heteroatoms. The van der Waals surface area contributed by atoms with Crippen LogP contribution in [0.5, 0.6) is 0 Å². The highest BCUT2D eigenvalue weighted by Gasteiger charge is 2.14. The highest BCUT2D eigenvalue weighted by Crippen LogP contribution is 2.30. The Morgan fingerprint density at radius 3 is 2.26 bits per heavy atom. The van der Waals surface area contributed by atoms with E-state index in [2.05, 4.69) is 0 Å². The van der Waals surface area contributed by atoms with Gasteiger partial charge in [-0.3, -0.25) is 0 Å². The third kappa shape index (κ3) is 3.69. The van der Waals surface area contributed by atoms with E-state index in [-0.39, 0.29) is 4.90 Å². The Labute approximate surface area is 166 Å². The summed E-state index contributed by atoms with van der Waals surface area (Å²) in [6.07, 6.45) is 1.20. The van der Waals surface area contributed by atoms with Gasteiger partial charge in [0.2, 0.25) is 0 Å². The third-order valence-electron chi connectivity index (χ3n) is 4.18. The number of nitrogens with zero attached hydrogens (tertiary/aromatic N) is 2. The Kier molecular flexibility index (Phi) is 4.63. The lowest BCUT2D eigenvalue weighted by Crippen LogP contribution is -2.01. The molecule has 0 unspecified atom stereocenters. The number of hydrogen-bond donors (Lipinski definition) is 0. The van der Waals surface area contributed by atoms with Gasteiger partial charge in [-0.05, 0) is 53.9 Å². The fraction of sp³-hybridized carbons (Fsp3) is 0.0500. The van der Waals surface area contributed by atoms with Gasteiger partial charge in [0, 0.05) is 27.8 Å². The maximum absolute atomic E-state index is 11.7. The molecule has 0 saturated heterocycles. The summed E-state index contributed by atoms with van der Waals surface area (Å²) in [7, 11) is -3.24. The lowest BCUT2D eigenvalue weighted by molar-refractivity contribution is 0.602. The van der Waals surface area contributed by atoms with Crippen LogP contribution in [0.2, 0.25) is 5.02 Å². The summed E-state index contributed by atoms with van der Waals surface area (Å²) in [5.74, 6) is 0. The van der Waals surface area contributed by atoms with Crippen molar-refractivity contribution < 1.29 is 8.42 Å². The fourth-order valence-corrected chi connectivity index (χ4v) is 4.20. The lowest BCUT2D eigenvalue weighted by atomic mass is 10.1. The average Bonchev–Trinajstić information content (AvgIpc) is 3.31. The van der Waals surface area contributed by atoms with E-state index in [1.807, 2.05) is 51.8 Å². The van der Waals surface area contributed by atoms with E-state index in [0.29, 0.717) is 5.02 Å². The molecule has 0 saturated carbocycles. The molecule has 2 aromatic carbocycles. The van der Waals surface area contributed by atoms with Crippen LogP contribution in [0.25, 0.3) is 28.2 Å². The van der Waals surface area contributed by atoms with Crippen molar-refractivity contribution in [1.82, 2.24) is 9.78 Å². The first-order valence-electron chi connectivity index (χ1n) is 8.11. The summed E-state index contributed by atoms with van der Waals surface area (Å²) in [6.45, 7) is 0. The molecule has 0 radical (unpaired) electrons. The maximum Gasteiger partial charge on any atom is 0.175 e. The molecule has 4 aromatic rings. The first-order valence-corrected chi connectivity index (χ1v) is 11.3. The van der Waals surface area contributed by atoms with Gasteiger partial charge in [0.1, 0.15) is 0 Å². The van der Waals surface area contributed by atoms with Gasteiger partial charge in [-0.15, -0.1) is 0 Å². The molecule has 0 aliphatic carbocycles. The summed E-state index contributed by atoms with van der Waals surface area (Å²) in [4.78, 5) is 0.282. The quantitative estimate of drug-likeness (QED) is 0.453. The summed E-state index contributed by atoms with van der Waals surface area (Å²) >= 11 is 7.64. The van der Waals surface area contributed by atoms with Crippen molar-refractivity contribution in [1.29, 1.82) is 0 Å². The van der Waals surface area contributed by atoms with Gasteiger partial charge < -0.3 is 0 Å². The first-order chi connectivity index (χ1) is 12.9. The standard InChI is InChI=1S/C20H15ClN2O2S2/c1-27(24,25)18-8-6-17(7-9-18)23-20(14-2-4-16(21)5-3-14)12-19(22-23)15-10-11-26-13-15/h2-13H,1H3. The van der Waals surface area contributed by atoms with Crippen LogP contribution in [0.4, 0.5) is 0 Å². The highest BCUT2D eigenvalue weighted by atomic mass is 35.5. The Balaban J connectivity index is 1.86. The molecule has 0 spiro atoms. The van der Waals surface area contributed by atoms with Gasteiger partial charge in [-0.1, -0.05) is 23.7 Å². The number of rotatable bonds is 4. The van der Waals surface area contributed by atoms with Gasteiger partial charge in [-0.2, -0.15) is 16.4 Å². The molecule has 0 amide bonds. The van der Waals surface area contributed by atoms with E-state index < -0.39 is 9.84 Å². The number of thiophene rings is 1. The minimum absolute atomic E-state index is 0.282. The van der Waals surface area contributed by atoms with Crippen molar-refractivity contribution in [3.05, 3.63) is 76.4 Å². The second kappa shape index (κ2) is 6.96. The second-order valence-corrected chi connectivity index (χ2v) is 9.34. The van der Waals surface area contributed by atoms with Crippen molar-refractivity contribution >= 4 is 32.8 Å². The minimum atomic E-state index is -3.24. The SMILES string of the molecule is CS(=O)(=O)c1ccc(-n2nc(-c3ccsc3)cc2-c2ccc(Cl)cc2)cc1. The molecule has 0 aliphatic heterocycles. The third-order valence-corrected chi connectivity index (χ3v) is 6.24. The predicted octanol–water partition coefficient (Wildman–Crippen LogP) is 5.32. The fourth-order valence-electron chi connectivity index (χ4n) is 2.79. The van der Waals surface area contributed by atoms with E-state index >= 15 is 0 Å². The molecular formula is C20H15ClN2O2S2. The van der Waals surface area contributed by atoms with E-state index in [1.54, 1.807) is 35.6 Å². The normalized spacial score (nSPS) is 11.6. The summed E-state index contributed by atoms with van der Waals surface area (Å²) < 4.78 is 25.3. The van der Waals surface area contributed by atoms with E-state index in [1.165, 1.54) is 6.26 Å². The summed E-state index contributed by atoms with van der Waals surface area (Å²) in [5.41, 5.74) is 4.56. The topological polar surface area (TPSA) is 52.0 Å². The number of benzene rings is 2. The number of halogens is 1. The molecule has 0 bridgehead atoms. The summed E-state index contributed by atoms with van der Waals surface area (Å²) in [6, 6.07) is 18.3. The molecular weight excluding hydrogens is 400 g/mol. The van der Waals surface area contributed by atoms with Crippen LogP contribution in [0, 0.1) is 0 Å². The van der Waals surface area contributed by atoms with Crippen LogP contribution < -0.4 is 0 Å². The Morgan fingerprint density at radius 1 is 0.963 bits per heavy atom. The minimum Gasteiger partial charge on any atom is -0.232 e. The maximum atomic E-state index is 11.7. The van der Waals surface area contributed by atoms with Gasteiger partial charge >= 0.3 is 0 Å². The monoisotopic (exact) mass is 414 g/mol. The lowest BCUT2D eigenvalue weighted by Gasteiger charge is -2.08. The van der Waals surface area contributed by atoms with E-state index in [4.69, 9.17) is 16.7 Å². The zero-order valence-electron chi connectivity index (χ0n) is 14.3. The Morgan fingerprint density at radius 2 is 1.67 bits per heavy atom. The molecule has 27 heavy (non-hydrogen) atoms. The van der Waals surface area contributed by atoms with Crippen molar-refractivity contribution in [2.24, 2.45) is 0 Å². The number of aromatic nitrogens is 2. The molecule has 4 rings (SSSR count). The van der Waals surface area contributed by atoms with Crippen molar-refractivity contribution in [2.75, 3.05) is 6.26 Å². The average molecular weight is 415 g/mol. The molecule has 2 heterocycles. The van der Waals surface area contributed by atoms with E-state index in [9.17, 15) is 8.42 Å². The van der Waals surface area contributed by atoms with Crippen LogP contribution in [-0.4, -0.2) is 24.5 Å². The van der Waals surface area contributed by atoms with Crippen molar-refractivity contribution in [2.45, 2.75) is 4.90 Å².